The monoisotopic (exact) mass is 591 g/mol. The number of aromatic carboxylic acids is 1. The van der Waals surface area contributed by atoms with Crippen molar-refractivity contribution in [1.29, 1.82) is 0 Å². The van der Waals surface area contributed by atoms with Gasteiger partial charge >= 0.3 is 5.97 Å². The maximum absolute atomic E-state index is 13.7. The molecule has 0 bridgehead atoms. The minimum atomic E-state index is -1.04. The summed E-state index contributed by atoms with van der Waals surface area (Å²) in [6.07, 6.45) is 7.38. The Morgan fingerprint density at radius 2 is 1.77 bits per heavy atom. The highest BCUT2D eigenvalue weighted by atomic mass is 16.5. The normalized spacial score (nSPS) is 21.2. The Labute approximate surface area is 252 Å². The minimum Gasteiger partial charge on any atom is -0.493 e. The lowest BCUT2D eigenvalue weighted by molar-refractivity contribution is -0.165. The fourth-order valence-electron chi connectivity index (χ4n) is 6.41. The Bertz CT molecular complexity index is 1340. The Morgan fingerprint density at radius 1 is 1.07 bits per heavy atom. The second-order valence-electron chi connectivity index (χ2n) is 11.7. The Morgan fingerprint density at radius 3 is 2.40 bits per heavy atom. The first-order valence-corrected chi connectivity index (χ1v) is 15.1. The van der Waals surface area contributed by atoms with E-state index in [0.717, 1.165) is 31.2 Å². The zero-order chi connectivity index (χ0) is 30.6. The molecule has 2 amide bonds. The molecule has 1 spiro atoms. The highest BCUT2D eigenvalue weighted by molar-refractivity contribution is 6.00. The largest absolute Gasteiger partial charge is 0.493 e. The van der Waals surface area contributed by atoms with E-state index in [1.165, 1.54) is 19.2 Å². The molecule has 3 aliphatic rings. The molecule has 1 unspecified atom stereocenters. The lowest BCUT2D eigenvalue weighted by Gasteiger charge is -2.52. The number of carbonyl (C=O) groups excluding carboxylic acids is 2. The summed E-state index contributed by atoms with van der Waals surface area (Å²) < 4.78 is 11.2. The molecular formula is C33H41N3O7. The van der Waals surface area contributed by atoms with Gasteiger partial charge in [-0.25, -0.2) is 4.79 Å². The maximum Gasteiger partial charge on any atom is 0.335 e. The summed E-state index contributed by atoms with van der Waals surface area (Å²) in [6, 6.07) is 11.2. The molecule has 230 valence electrons. The van der Waals surface area contributed by atoms with Crippen molar-refractivity contribution in [2.45, 2.75) is 69.7 Å². The van der Waals surface area contributed by atoms with Crippen LogP contribution in [0, 0.1) is 5.92 Å². The van der Waals surface area contributed by atoms with E-state index in [2.05, 4.69) is 17.1 Å². The van der Waals surface area contributed by atoms with E-state index in [-0.39, 0.29) is 23.3 Å². The van der Waals surface area contributed by atoms with E-state index in [1.807, 2.05) is 36.4 Å². The van der Waals surface area contributed by atoms with Crippen LogP contribution in [-0.4, -0.2) is 82.2 Å². The average Bonchev–Trinajstić information content (AvgIpc) is 3.56. The first kappa shape index (κ1) is 30.6. The Balaban J connectivity index is 1.21. The third-order valence-electron chi connectivity index (χ3n) is 9.01. The predicted octanol–water partition coefficient (Wildman–Crippen LogP) is 3.97. The molecule has 10 nitrogen and oxygen atoms in total. The van der Waals surface area contributed by atoms with Gasteiger partial charge in [-0.05, 0) is 73.9 Å². The number of nitrogens with one attached hydrogen (secondary N) is 1. The van der Waals surface area contributed by atoms with E-state index < -0.39 is 23.7 Å². The number of hydrogen-bond donors (Lipinski definition) is 3. The molecule has 2 aromatic carbocycles. The summed E-state index contributed by atoms with van der Waals surface area (Å²) >= 11 is 0. The summed E-state index contributed by atoms with van der Waals surface area (Å²) in [5.41, 5.74) is 0.308. The number of unbranched alkanes of at least 4 members (excludes halogenated alkanes) is 1. The number of carboxylic acid groups (broad SMARTS) is 1. The summed E-state index contributed by atoms with van der Waals surface area (Å²) in [5.74, 6) is -0.0459. The van der Waals surface area contributed by atoms with Crippen LogP contribution in [-0.2, 0) is 16.1 Å². The fraction of sp³-hybridized carbons (Fsp3) is 0.485. The molecule has 2 fully saturated rings. The summed E-state index contributed by atoms with van der Waals surface area (Å²) in [7, 11) is 1.46. The number of rotatable bonds is 11. The fourth-order valence-corrected chi connectivity index (χ4v) is 6.41. The van der Waals surface area contributed by atoms with Crippen molar-refractivity contribution in [2.24, 2.45) is 5.92 Å². The number of likely N-dealkylation sites (tertiary alicyclic amines) is 1. The molecular weight excluding hydrogens is 550 g/mol. The minimum absolute atomic E-state index is 0.0468. The summed E-state index contributed by atoms with van der Waals surface area (Å²) in [5, 5.41) is 23.2. The number of methoxy groups -OCH3 is 1. The van der Waals surface area contributed by atoms with E-state index >= 15 is 0 Å². The molecule has 1 aliphatic carbocycles. The molecule has 2 atom stereocenters. The van der Waals surface area contributed by atoms with Crippen molar-refractivity contribution >= 4 is 17.8 Å². The molecule has 0 radical (unpaired) electrons. The first-order chi connectivity index (χ1) is 20.8. The van der Waals surface area contributed by atoms with E-state index in [0.29, 0.717) is 56.3 Å². The number of ether oxygens (including phenoxy) is 2. The van der Waals surface area contributed by atoms with Crippen LogP contribution in [0.15, 0.2) is 54.6 Å². The standard InChI is InChI=1S/C33H41N3O7/c1-3-4-17-36-30(38)28(29(37)23-7-5-6-8-23)34-32(41)33(36)15-18-35(19-16-33)21-22-9-12-25(13-10-22)43-26-14-11-24(31(39)40)20-27(26)42-2/h5-6,9-14,20,23,28-29,37H,3-4,7-8,15-19,21H2,1-2H3,(H,34,41)(H,39,40)/t28-,29?/m1/s1. The van der Waals surface area contributed by atoms with Crippen molar-refractivity contribution in [3.05, 3.63) is 65.7 Å². The van der Waals surface area contributed by atoms with Gasteiger partial charge in [-0.3, -0.25) is 14.5 Å². The van der Waals surface area contributed by atoms with E-state index in [1.54, 1.807) is 11.0 Å². The maximum atomic E-state index is 13.7. The van der Waals surface area contributed by atoms with Gasteiger partial charge in [0.1, 0.15) is 17.3 Å². The number of nitrogens with zero attached hydrogens (tertiary/aromatic N) is 2. The van der Waals surface area contributed by atoms with Crippen LogP contribution in [0.2, 0.25) is 0 Å². The Hall–Kier alpha value is -3.89. The van der Waals surface area contributed by atoms with Gasteiger partial charge in [0, 0.05) is 26.2 Å². The summed E-state index contributed by atoms with van der Waals surface area (Å²) in [6.45, 7) is 4.60. The molecule has 2 saturated heterocycles. The topological polar surface area (TPSA) is 129 Å². The zero-order valence-corrected chi connectivity index (χ0v) is 24.8. The number of carbonyl (C=O) groups is 3. The highest BCUT2D eigenvalue weighted by Gasteiger charge is 2.55. The van der Waals surface area contributed by atoms with Gasteiger partial charge in [0.15, 0.2) is 11.5 Å². The lowest BCUT2D eigenvalue weighted by Crippen LogP contribution is -2.75. The number of amides is 2. The molecule has 0 saturated carbocycles. The number of piperazine rings is 1. The van der Waals surface area contributed by atoms with Gasteiger partial charge in [-0.1, -0.05) is 37.6 Å². The smallest absolute Gasteiger partial charge is 0.335 e. The molecule has 2 aliphatic heterocycles. The first-order valence-electron chi connectivity index (χ1n) is 15.1. The van der Waals surface area contributed by atoms with Crippen LogP contribution in [0.3, 0.4) is 0 Å². The predicted molar refractivity (Wildman–Crippen MR) is 160 cm³/mol. The van der Waals surface area contributed by atoms with Crippen LogP contribution in [0.25, 0.3) is 0 Å². The van der Waals surface area contributed by atoms with Crippen LogP contribution < -0.4 is 14.8 Å². The number of benzene rings is 2. The van der Waals surface area contributed by atoms with E-state index in [4.69, 9.17) is 9.47 Å². The molecule has 5 rings (SSSR count). The van der Waals surface area contributed by atoms with Crippen molar-refractivity contribution in [3.63, 3.8) is 0 Å². The third-order valence-corrected chi connectivity index (χ3v) is 9.01. The Kier molecular flexibility index (Phi) is 9.37. The van der Waals surface area contributed by atoms with Gasteiger partial charge in [0.05, 0.1) is 18.8 Å². The van der Waals surface area contributed by atoms with Crippen molar-refractivity contribution in [2.75, 3.05) is 26.7 Å². The molecule has 0 aromatic heterocycles. The number of carboxylic acids is 1. The van der Waals surface area contributed by atoms with Gasteiger partial charge in [-0.15, -0.1) is 0 Å². The third kappa shape index (κ3) is 6.40. The molecule has 43 heavy (non-hydrogen) atoms. The lowest BCUT2D eigenvalue weighted by atomic mass is 9.79. The SMILES string of the molecule is CCCCN1C(=O)[C@@H](C(O)C2CC=CC2)NC(=O)C12CCN(Cc1ccc(Oc3ccc(C(=O)O)cc3OC)cc1)CC2. The van der Waals surface area contributed by atoms with Crippen molar-refractivity contribution < 1.29 is 34.1 Å². The van der Waals surface area contributed by atoms with Gasteiger partial charge in [-0.2, -0.15) is 0 Å². The number of hydrogen-bond acceptors (Lipinski definition) is 7. The highest BCUT2D eigenvalue weighted by Crippen LogP contribution is 2.36. The average molecular weight is 592 g/mol. The number of allylic oxidation sites excluding steroid dienone is 2. The van der Waals surface area contributed by atoms with Crippen molar-refractivity contribution in [1.82, 2.24) is 15.1 Å². The van der Waals surface area contributed by atoms with Crippen LogP contribution in [0.4, 0.5) is 0 Å². The quantitative estimate of drug-likeness (QED) is 0.335. The zero-order valence-electron chi connectivity index (χ0n) is 24.8. The number of aliphatic hydroxyl groups excluding tert-OH is 1. The second kappa shape index (κ2) is 13.2. The van der Waals surface area contributed by atoms with E-state index in [9.17, 15) is 24.6 Å². The number of piperidine rings is 1. The number of aliphatic hydroxyl groups is 1. The second-order valence-corrected chi connectivity index (χ2v) is 11.7. The van der Waals surface area contributed by atoms with Crippen LogP contribution >= 0.6 is 0 Å². The van der Waals surface area contributed by atoms with Gasteiger partial charge in [0.25, 0.3) is 0 Å². The molecule has 3 N–H and O–H groups in total. The van der Waals surface area contributed by atoms with Gasteiger partial charge in [0.2, 0.25) is 11.8 Å². The van der Waals surface area contributed by atoms with Crippen molar-refractivity contribution in [3.8, 4) is 17.2 Å². The van der Waals surface area contributed by atoms with Gasteiger partial charge < -0.3 is 29.9 Å². The molecule has 10 heteroatoms. The molecule has 2 aromatic rings. The summed E-state index contributed by atoms with van der Waals surface area (Å²) in [4.78, 5) is 42.7. The van der Waals surface area contributed by atoms with Crippen LogP contribution in [0.5, 0.6) is 17.2 Å². The van der Waals surface area contributed by atoms with Crippen LogP contribution in [0.1, 0.15) is 61.4 Å². The molecule has 2 heterocycles.